The number of carbonyl (C=O) groups excluding carboxylic acids is 1. The third-order valence-corrected chi connectivity index (χ3v) is 8.93. The molecule has 2 N–H and O–H groups in total. The Morgan fingerprint density at radius 3 is 2.26 bits per heavy atom. The molecule has 6 rings (SSSR count). The number of rotatable bonds is 9. The number of nitrogens with zero attached hydrogens (tertiary/aromatic N) is 4. The molecule has 0 spiro atoms. The van der Waals surface area contributed by atoms with Crippen molar-refractivity contribution in [3.63, 3.8) is 0 Å². The van der Waals surface area contributed by atoms with E-state index in [4.69, 9.17) is 44.3 Å². The highest BCUT2D eigenvalue weighted by Gasteiger charge is 2.34. The van der Waals surface area contributed by atoms with Crippen molar-refractivity contribution >= 4 is 46.7 Å². The van der Waals surface area contributed by atoms with E-state index in [1.807, 2.05) is 72.8 Å². The van der Waals surface area contributed by atoms with Gasteiger partial charge in [0.25, 0.3) is 9.70 Å². The van der Waals surface area contributed by atoms with Crippen LogP contribution in [-0.4, -0.2) is 68.5 Å². The molecule has 1 amide bonds. The smallest absolute Gasteiger partial charge is 0.272 e. The van der Waals surface area contributed by atoms with Crippen molar-refractivity contribution in [3.8, 4) is 11.1 Å². The molecule has 246 valence electrons. The van der Waals surface area contributed by atoms with E-state index in [0.717, 1.165) is 72.1 Å². The van der Waals surface area contributed by atoms with Gasteiger partial charge < -0.3 is 24.8 Å². The molecule has 9 nitrogen and oxygen atoms in total. The minimum atomic E-state index is -2.02. The summed E-state index contributed by atoms with van der Waals surface area (Å²) in [7, 11) is 0. The van der Waals surface area contributed by atoms with Crippen molar-refractivity contribution in [2.24, 2.45) is 0 Å². The Balaban J connectivity index is 1.18. The predicted molar refractivity (Wildman–Crippen MR) is 183 cm³/mol. The Hall–Kier alpha value is -3.28. The highest BCUT2D eigenvalue weighted by molar-refractivity contribution is 6.76. The first-order valence-corrected chi connectivity index (χ1v) is 16.7. The predicted octanol–water partition coefficient (Wildman–Crippen LogP) is 5.99. The zero-order chi connectivity index (χ0) is 32.8. The molecule has 1 aromatic heterocycles. The minimum Gasteiger partial charge on any atom is -0.392 e. The Morgan fingerprint density at radius 2 is 1.55 bits per heavy atom. The first-order valence-electron chi connectivity index (χ1n) is 15.5. The van der Waals surface area contributed by atoms with E-state index in [1.165, 1.54) is 0 Å². The van der Waals surface area contributed by atoms with Crippen LogP contribution in [0, 0.1) is 0 Å². The summed E-state index contributed by atoms with van der Waals surface area (Å²) >= 11 is 17.1. The Labute approximate surface area is 289 Å². The van der Waals surface area contributed by atoms with Crippen molar-refractivity contribution in [1.82, 2.24) is 20.2 Å². The molecule has 12 heteroatoms. The number of alkyl halides is 3. The zero-order valence-electron chi connectivity index (χ0n) is 25.6. The summed E-state index contributed by atoms with van der Waals surface area (Å²) in [6.07, 6.45) is 3.43. The highest BCUT2D eigenvalue weighted by atomic mass is 35.6. The van der Waals surface area contributed by atoms with E-state index in [2.05, 4.69) is 31.2 Å². The van der Waals surface area contributed by atoms with Crippen LogP contribution in [0.15, 0.2) is 91.3 Å². The lowest BCUT2D eigenvalue weighted by Crippen LogP contribution is -2.50. The fourth-order valence-electron chi connectivity index (χ4n) is 5.91. The molecule has 2 aliphatic heterocycles. The van der Waals surface area contributed by atoms with Gasteiger partial charge in [0, 0.05) is 63.6 Å². The maximum Gasteiger partial charge on any atom is 0.272 e. The van der Waals surface area contributed by atoms with E-state index in [-0.39, 0.29) is 25.4 Å². The molecule has 3 heterocycles. The summed E-state index contributed by atoms with van der Waals surface area (Å²) in [6, 6.07) is 25.7. The van der Waals surface area contributed by atoms with Crippen LogP contribution in [0.2, 0.25) is 0 Å². The number of hydrogen-bond donors (Lipinski definition) is 2. The number of amides is 1. The molecule has 0 bridgehead atoms. The third kappa shape index (κ3) is 8.80. The molecule has 0 aliphatic carbocycles. The molecule has 2 fully saturated rings. The van der Waals surface area contributed by atoms with Gasteiger partial charge in [0.1, 0.15) is 0 Å². The number of aliphatic hydroxyl groups is 1. The topological polar surface area (TPSA) is 100 Å². The average Bonchev–Trinajstić information content (AvgIpc) is 3.11. The molecule has 0 unspecified atom stereocenters. The number of piperazine rings is 1. The van der Waals surface area contributed by atoms with Crippen molar-refractivity contribution in [2.75, 3.05) is 37.6 Å². The fraction of sp³-hybridized carbons (Fsp3) is 0.343. The maximum atomic E-state index is 12.0. The van der Waals surface area contributed by atoms with Crippen LogP contribution in [-0.2, 0) is 27.4 Å². The Bertz CT molecular complexity index is 1630. The fourth-order valence-corrected chi connectivity index (χ4v) is 6.11. The Kier molecular flexibility index (Phi) is 10.9. The van der Waals surface area contributed by atoms with Crippen LogP contribution in [0.5, 0.6) is 0 Å². The molecule has 0 saturated carbocycles. The lowest BCUT2D eigenvalue weighted by Gasteiger charge is -2.40. The second-order valence-electron chi connectivity index (χ2n) is 11.7. The van der Waals surface area contributed by atoms with Crippen molar-refractivity contribution in [3.05, 3.63) is 114 Å². The minimum absolute atomic E-state index is 0.00652. The lowest BCUT2D eigenvalue weighted by molar-refractivity contribution is -0.253. The van der Waals surface area contributed by atoms with Gasteiger partial charge in [-0.05, 0) is 46.0 Å². The SMILES string of the molecule is O=C(NCc1cccc(-c2cccc([C@H]3O[C@@H](CN4CCN(c5ncccn5)CC4)C[C@@H](c4ccc(CO)cc4)O3)c2)c1)C(Cl)(Cl)Cl. The van der Waals surface area contributed by atoms with Crippen LogP contribution in [0.3, 0.4) is 0 Å². The van der Waals surface area contributed by atoms with E-state index >= 15 is 0 Å². The van der Waals surface area contributed by atoms with Crippen LogP contribution in [0.4, 0.5) is 5.95 Å². The summed E-state index contributed by atoms with van der Waals surface area (Å²) in [6.45, 7) is 4.45. The number of nitrogens with one attached hydrogen (secondary N) is 1. The average molecular weight is 697 g/mol. The number of aliphatic hydroxyl groups excluding tert-OH is 1. The van der Waals surface area contributed by atoms with E-state index < -0.39 is 16.0 Å². The van der Waals surface area contributed by atoms with Gasteiger partial charge >= 0.3 is 0 Å². The number of carbonyl (C=O) groups is 1. The van der Waals surface area contributed by atoms with E-state index in [1.54, 1.807) is 12.4 Å². The number of hydrogen-bond acceptors (Lipinski definition) is 8. The van der Waals surface area contributed by atoms with Gasteiger partial charge in [0.2, 0.25) is 5.95 Å². The summed E-state index contributed by atoms with van der Waals surface area (Å²) < 4.78 is 11.3. The maximum absolute atomic E-state index is 12.0. The van der Waals surface area contributed by atoms with E-state index in [0.29, 0.717) is 6.42 Å². The van der Waals surface area contributed by atoms with Crippen molar-refractivity contribution < 1.29 is 19.4 Å². The third-order valence-electron chi connectivity index (χ3n) is 8.41. The number of aromatic nitrogens is 2. The lowest BCUT2D eigenvalue weighted by atomic mass is 9.98. The molecule has 2 saturated heterocycles. The normalized spacial score (nSPS) is 20.6. The summed E-state index contributed by atoms with van der Waals surface area (Å²) in [5, 5.41) is 12.2. The van der Waals surface area contributed by atoms with Crippen molar-refractivity contribution in [1.29, 1.82) is 0 Å². The standard InChI is InChI=1S/C35H36Cl3N5O4/c36-35(37,38)33(45)41-21-25-4-1-5-27(18-25)28-6-2-7-29(19-28)32-46-30(20-31(47-32)26-10-8-24(23-44)9-11-26)22-42-14-16-43(17-15-42)34-39-12-3-13-40-34/h1-13,18-19,30-32,44H,14-17,20-23H2,(H,41,45)/t30-,31+,32+/m1/s1. The summed E-state index contributed by atoms with van der Waals surface area (Å²) in [5.41, 5.74) is 5.63. The number of ether oxygens (including phenoxy) is 2. The molecule has 2 aliphatic rings. The van der Waals surface area contributed by atoms with E-state index in [9.17, 15) is 9.90 Å². The van der Waals surface area contributed by atoms with Crippen LogP contribution >= 0.6 is 34.8 Å². The number of halogens is 3. The molecule has 0 radical (unpaired) electrons. The molecular weight excluding hydrogens is 661 g/mol. The van der Waals surface area contributed by atoms with Gasteiger partial charge in [-0.25, -0.2) is 9.97 Å². The van der Waals surface area contributed by atoms with Gasteiger partial charge in [-0.15, -0.1) is 0 Å². The first kappa shape index (κ1) is 33.6. The van der Waals surface area contributed by atoms with Gasteiger partial charge in [0.15, 0.2) is 6.29 Å². The van der Waals surface area contributed by atoms with Crippen LogP contribution in [0.1, 0.15) is 41.1 Å². The monoisotopic (exact) mass is 695 g/mol. The summed E-state index contributed by atoms with van der Waals surface area (Å²) in [4.78, 5) is 25.5. The second-order valence-corrected chi connectivity index (χ2v) is 14.0. The van der Waals surface area contributed by atoms with Gasteiger partial charge in [-0.3, -0.25) is 9.69 Å². The molecule has 47 heavy (non-hydrogen) atoms. The van der Waals surface area contributed by atoms with Gasteiger partial charge in [-0.1, -0.05) is 95.5 Å². The molecule has 3 aromatic carbocycles. The quantitative estimate of drug-likeness (QED) is 0.206. The number of anilines is 1. The molecule has 3 atom stereocenters. The second kappa shape index (κ2) is 15.3. The Morgan fingerprint density at radius 1 is 0.851 bits per heavy atom. The molecule has 4 aromatic rings. The van der Waals surface area contributed by atoms with Gasteiger partial charge in [-0.2, -0.15) is 0 Å². The first-order chi connectivity index (χ1) is 22.7. The molecular formula is C35H36Cl3N5O4. The van der Waals surface area contributed by atoms with Crippen LogP contribution in [0.25, 0.3) is 11.1 Å². The summed E-state index contributed by atoms with van der Waals surface area (Å²) in [5.74, 6) is 0.0857. The zero-order valence-corrected chi connectivity index (χ0v) is 27.9. The number of benzene rings is 3. The van der Waals surface area contributed by atoms with Crippen molar-refractivity contribution in [2.45, 2.75) is 41.9 Å². The van der Waals surface area contributed by atoms with Gasteiger partial charge in [0.05, 0.1) is 18.8 Å². The highest BCUT2D eigenvalue weighted by Crippen LogP contribution is 2.39. The largest absolute Gasteiger partial charge is 0.392 e. The van der Waals surface area contributed by atoms with Crippen LogP contribution < -0.4 is 10.2 Å².